The van der Waals surface area contributed by atoms with Gasteiger partial charge in [-0.3, -0.25) is 10.1 Å². The third-order valence-electron chi connectivity index (χ3n) is 2.07. The number of rotatable bonds is 3. The smallest absolute Gasteiger partial charge is 0.279 e. The van der Waals surface area contributed by atoms with E-state index in [1.807, 2.05) is 0 Å². The van der Waals surface area contributed by atoms with Gasteiger partial charge >= 0.3 is 0 Å². The fourth-order valence-corrected chi connectivity index (χ4v) is 1.95. The van der Waals surface area contributed by atoms with Gasteiger partial charge in [-0.15, -0.1) is 10.2 Å². The summed E-state index contributed by atoms with van der Waals surface area (Å²) in [6, 6.07) is 4.43. The lowest BCUT2D eigenvalue weighted by Crippen LogP contribution is -1.93. The van der Waals surface area contributed by atoms with Crippen LogP contribution in [0.3, 0.4) is 0 Å². The Bertz CT molecular complexity index is 569. The Kier molecular flexibility index (Phi) is 2.88. The summed E-state index contributed by atoms with van der Waals surface area (Å²) in [5.41, 5.74) is 5.75. The Morgan fingerprint density at radius 3 is 2.76 bits per heavy atom. The summed E-state index contributed by atoms with van der Waals surface area (Å²) in [6.07, 6.45) is 0. The molecule has 0 saturated carbocycles. The van der Waals surface area contributed by atoms with E-state index in [0.29, 0.717) is 16.3 Å². The number of nitrogen functional groups attached to an aromatic ring is 1. The topological polar surface area (TPSA) is 104 Å². The van der Waals surface area contributed by atoms with E-state index in [-0.39, 0.29) is 10.8 Å². The predicted molar refractivity (Wildman–Crippen MR) is 63.0 cm³/mol. The molecule has 0 amide bonds. The van der Waals surface area contributed by atoms with Crippen molar-refractivity contribution < 1.29 is 9.66 Å². The monoisotopic (exact) mass is 252 g/mol. The van der Waals surface area contributed by atoms with Crippen LogP contribution in [-0.2, 0) is 0 Å². The summed E-state index contributed by atoms with van der Waals surface area (Å²) < 4.78 is 5.02. The lowest BCUT2D eigenvalue weighted by atomic mass is 10.2. The third kappa shape index (κ3) is 2.16. The van der Waals surface area contributed by atoms with Crippen molar-refractivity contribution in [2.75, 3.05) is 12.8 Å². The van der Waals surface area contributed by atoms with Crippen LogP contribution in [0, 0.1) is 10.1 Å². The molecule has 1 heterocycles. The number of methoxy groups -OCH3 is 1. The molecule has 0 unspecified atom stereocenters. The van der Waals surface area contributed by atoms with E-state index in [1.54, 1.807) is 0 Å². The molecule has 0 atom stereocenters. The summed E-state index contributed by atoms with van der Waals surface area (Å²) >= 11 is 1.09. The molecule has 0 aliphatic rings. The van der Waals surface area contributed by atoms with Crippen molar-refractivity contribution in [1.29, 1.82) is 0 Å². The normalized spacial score (nSPS) is 10.2. The molecule has 2 N–H and O–H groups in total. The second kappa shape index (κ2) is 4.34. The van der Waals surface area contributed by atoms with Crippen molar-refractivity contribution in [1.82, 2.24) is 10.2 Å². The first kappa shape index (κ1) is 11.3. The minimum atomic E-state index is -0.480. The van der Waals surface area contributed by atoms with E-state index in [0.717, 1.165) is 11.3 Å². The summed E-state index contributed by atoms with van der Waals surface area (Å²) in [6.45, 7) is 0. The third-order valence-corrected chi connectivity index (χ3v) is 2.86. The van der Waals surface area contributed by atoms with E-state index in [1.165, 1.54) is 25.3 Å². The van der Waals surface area contributed by atoms with Gasteiger partial charge in [0.2, 0.25) is 5.13 Å². The highest BCUT2D eigenvalue weighted by Gasteiger charge is 2.19. The average Bonchev–Trinajstić information content (AvgIpc) is 2.75. The Balaban J connectivity index is 2.60. The number of nitrogens with zero attached hydrogens (tertiary/aromatic N) is 3. The van der Waals surface area contributed by atoms with Gasteiger partial charge in [0.25, 0.3) is 5.69 Å². The molecule has 0 aliphatic carbocycles. The first-order valence-electron chi connectivity index (χ1n) is 4.53. The number of hydrogen-bond acceptors (Lipinski definition) is 7. The highest BCUT2D eigenvalue weighted by Crippen LogP contribution is 2.35. The van der Waals surface area contributed by atoms with Gasteiger partial charge in [-0.1, -0.05) is 11.3 Å². The average molecular weight is 252 g/mol. The van der Waals surface area contributed by atoms with Crippen LogP contribution in [-0.4, -0.2) is 22.2 Å². The molecule has 2 aromatic rings. The van der Waals surface area contributed by atoms with Crippen LogP contribution in [0.5, 0.6) is 5.75 Å². The summed E-state index contributed by atoms with van der Waals surface area (Å²) in [5, 5.41) is 19.0. The molecule has 1 aromatic carbocycles. The highest BCUT2D eigenvalue weighted by molar-refractivity contribution is 7.18. The van der Waals surface area contributed by atoms with E-state index in [9.17, 15) is 10.1 Å². The number of nitro benzene ring substituents is 1. The number of anilines is 1. The van der Waals surface area contributed by atoms with Crippen molar-refractivity contribution >= 4 is 22.2 Å². The SMILES string of the molecule is COc1ccc([N+](=O)[O-])c(-c2nnc(N)s2)c1. The summed E-state index contributed by atoms with van der Waals surface area (Å²) in [4.78, 5) is 10.4. The zero-order valence-electron chi connectivity index (χ0n) is 8.78. The molecule has 0 spiro atoms. The van der Waals surface area contributed by atoms with E-state index >= 15 is 0 Å². The standard InChI is InChI=1S/C9H8N4O3S/c1-16-5-2-3-7(13(14)15)6(4-5)8-11-12-9(10)17-8/h2-4H,1H3,(H2,10,12). The van der Waals surface area contributed by atoms with Crippen molar-refractivity contribution in [3.05, 3.63) is 28.3 Å². The summed E-state index contributed by atoms with van der Waals surface area (Å²) in [5.74, 6) is 0.513. The maximum absolute atomic E-state index is 10.9. The van der Waals surface area contributed by atoms with Crippen molar-refractivity contribution in [3.8, 4) is 16.3 Å². The van der Waals surface area contributed by atoms with Crippen molar-refractivity contribution in [2.24, 2.45) is 0 Å². The van der Waals surface area contributed by atoms with Crippen LogP contribution in [0.15, 0.2) is 18.2 Å². The second-order valence-corrected chi connectivity index (χ2v) is 4.09. The van der Waals surface area contributed by atoms with Gasteiger partial charge in [0.15, 0.2) is 5.01 Å². The fraction of sp³-hybridized carbons (Fsp3) is 0.111. The van der Waals surface area contributed by atoms with E-state index in [4.69, 9.17) is 10.5 Å². The molecule has 0 saturated heterocycles. The minimum absolute atomic E-state index is 0.0537. The number of ether oxygens (including phenoxy) is 1. The lowest BCUT2D eigenvalue weighted by Gasteiger charge is -2.02. The molecule has 1 aromatic heterocycles. The molecule has 0 radical (unpaired) electrons. The Hall–Kier alpha value is -2.22. The van der Waals surface area contributed by atoms with Crippen LogP contribution in [0.2, 0.25) is 0 Å². The van der Waals surface area contributed by atoms with Crippen LogP contribution in [0.1, 0.15) is 0 Å². The largest absolute Gasteiger partial charge is 0.497 e. The molecule has 0 aliphatic heterocycles. The predicted octanol–water partition coefficient (Wildman–Crippen LogP) is 1.70. The molecule has 8 heteroatoms. The highest BCUT2D eigenvalue weighted by atomic mass is 32.1. The first-order valence-corrected chi connectivity index (χ1v) is 5.35. The van der Waals surface area contributed by atoms with Gasteiger partial charge in [-0.2, -0.15) is 0 Å². The van der Waals surface area contributed by atoms with Crippen LogP contribution >= 0.6 is 11.3 Å². The number of benzene rings is 1. The molecular formula is C9H8N4O3S. The van der Waals surface area contributed by atoms with Crippen LogP contribution in [0.4, 0.5) is 10.8 Å². The molecule has 7 nitrogen and oxygen atoms in total. The Morgan fingerprint density at radius 1 is 1.47 bits per heavy atom. The van der Waals surface area contributed by atoms with Crippen LogP contribution < -0.4 is 10.5 Å². The Labute approximate surface area is 100 Å². The second-order valence-electron chi connectivity index (χ2n) is 3.09. The number of nitrogens with two attached hydrogens (primary N) is 1. The van der Waals surface area contributed by atoms with Gasteiger partial charge in [-0.25, -0.2) is 0 Å². The lowest BCUT2D eigenvalue weighted by molar-refractivity contribution is -0.384. The fourth-order valence-electron chi connectivity index (χ4n) is 1.32. The first-order chi connectivity index (χ1) is 8.11. The van der Waals surface area contributed by atoms with Gasteiger partial charge in [0.05, 0.1) is 17.6 Å². The van der Waals surface area contributed by atoms with Crippen molar-refractivity contribution in [2.45, 2.75) is 0 Å². The minimum Gasteiger partial charge on any atom is -0.497 e. The number of nitro groups is 1. The summed E-state index contributed by atoms with van der Waals surface area (Å²) in [7, 11) is 1.49. The van der Waals surface area contributed by atoms with Gasteiger partial charge in [-0.05, 0) is 12.1 Å². The molecule has 2 rings (SSSR count). The Morgan fingerprint density at radius 2 is 2.24 bits per heavy atom. The van der Waals surface area contributed by atoms with Gasteiger partial charge < -0.3 is 10.5 Å². The van der Waals surface area contributed by atoms with Gasteiger partial charge in [0, 0.05) is 6.07 Å². The quantitative estimate of drug-likeness (QED) is 0.658. The van der Waals surface area contributed by atoms with E-state index in [2.05, 4.69) is 10.2 Å². The number of hydrogen-bond donors (Lipinski definition) is 1. The zero-order chi connectivity index (χ0) is 12.4. The number of aromatic nitrogens is 2. The molecule has 17 heavy (non-hydrogen) atoms. The molecule has 88 valence electrons. The van der Waals surface area contributed by atoms with E-state index < -0.39 is 4.92 Å². The molecule has 0 bridgehead atoms. The molecule has 0 fully saturated rings. The van der Waals surface area contributed by atoms with Crippen LogP contribution in [0.25, 0.3) is 10.6 Å². The van der Waals surface area contributed by atoms with Crippen molar-refractivity contribution in [3.63, 3.8) is 0 Å². The van der Waals surface area contributed by atoms with Gasteiger partial charge in [0.1, 0.15) is 5.75 Å². The molecular weight excluding hydrogens is 244 g/mol. The maximum atomic E-state index is 10.9. The zero-order valence-corrected chi connectivity index (χ0v) is 9.60. The maximum Gasteiger partial charge on any atom is 0.279 e.